The van der Waals surface area contributed by atoms with Crippen LogP contribution in [0.4, 0.5) is 0 Å². The van der Waals surface area contributed by atoms with Gasteiger partial charge in [0.15, 0.2) is 10.8 Å². The van der Waals surface area contributed by atoms with Crippen molar-refractivity contribution < 1.29 is 0 Å². The zero-order valence-electron chi connectivity index (χ0n) is 9.24. The van der Waals surface area contributed by atoms with Crippen molar-refractivity contribution in [2.75, 3.05) is 6.26 Å². The molecule has 1 aromatic carbocycles. The van der Waals surface area contributed by atoms with Crippen LogP contribution in [-0.4, -0.2) is 25.8 Å². The van der Waals surface area contributed by atoms with Gasteiger partial charge in [0.05, 0.1) is 5.69 Å². The first-order valence-electron chi connectivity index (χ1n) is 5.18. The van der Waals surface area contributed by atoms with Crippen LogP contribution in [0.2, 0.25) is 0 Å². The van der Waals surface area contributed by atoms with Crippen LogP contribution in [0.5, 0.6) is 0 Å². The second-order valence-electron chi connectivity index (χ2n) is 3.54. The lowest BCUT2D eigenvalue weighted by Gasteiger charge is -1.94. The number of benzene rings is 1. The van der Waals surface area contributed by atoms with Crippen molar-refractivity contribution >= 4 is 17.4 Å². The summed E-state index contributed by atoms with van der Waals surface area (Å²) in [5, 5.41) is 5.20. The first-order chi connectivity index (χ1) is 8.36. The summed E-state index contributed by atoms with van der Waals surface area (Å²) in [4.78, 5) is 8.58. The molecule has 0 bridgehead atoms. The molecule has 84 valence electrons. The number of fused-ring (bicyclic) bond motifs is 1. The van der Waals surface area contributed by atoms with Gasteiger partial charge in [0.1, 0.15) is 6.33 Å². The van der Waals surface area contributed by atoms with Crippen molar-refractivity contribution in [3.8, 4) is 11.3 Å². The summed E-state index contributed by atoms with van der Waals surface area (Å²) in [6.07, 6.45) is 3.65. The Bertz CT molecular complexity index is 648. The van der Waals surface area contributed by atoms with E-state index < -0.39 is 0 Å². The average Bonchev–Trinajstić information content (AvgIpc) is 2.82. The van der Waals surface area contributed by atoms with E-state index in [0.29, 0.717) is 0 Å². The van der Waals surface area contributed by atoms with E-state index in [2.05, 4.69) is 15.1 Å². The predicted molar refractivity (Wildman–Crippen MR) is 68.0 cm³/mol. The molecule has 0 amide bonds. The largest absolute Gasteiger partial charge is 0.211 e. The SMILES string of the molecule is CSc1ncn2nc(-c3ccccc3)cc2n1. The molecule has 0 radical (unpaired) electrons. The molecule has 0 fully saturated rings. The molecule has 5 heteroatoms. The third kappa shape index (κ3) is 1.89. The molecule has 4 nitrogen and oxygen atoms in total. The fourth-order valence-corrected chi connectivity index (χ4v) is 1.97. The molecule has 0 spiro atoms. The fraction of sp³-hybridized carbons (Fsp3) is 0.0833. The van der Waals surface area contributed by atoms with Crippen LogP contribution in [-0.2, 0) is 0 Å². The molecule has 0 aliphatic heterocycles. The van der Waals surface area contributed by atoms with Gasteiger partial charge in [0, 0.05) is 11.6 Å². The molecule has 0 saturated carbocycles. The first-order valence-corrected chi connectivity index (χ1v) is 6.41. The van der Waals surface area contributed by atoms with Gasteiger partial charge in [-0.25, -0.2) is 14.5 Å². The lowest BCUT2D eigenvalue weighted by Crippen LogP contribution is -1.93. The Morgan fingerprint density at radius 2 is 2.00 bits per heavy atom. The van der Waals surface area contributed by atoms with Crippen molar-refractivity contribution in [3.63, 3.8) is 0 Å². The van der Waals surface area contributed by atoms with E-state index in [9.17, 15) is 0 Å². The van der Waals surface area contributed by atoms with Gasteiger partial charge in [0.2, 0.25) is 0 Å². The van der Waals surface area contributed by atoms with Gasteiger partial charge in [-0.15, -0.1) is 0 Å². The molecule has 0 unspecified atom stereocenters. The minimum atomic E-state index is 0.761. The Morgan fingerprint density at radius 3 is 2.76 bits per heavy atom. The van der Waals surface area contributed by atoms with Crippen molar-refractivity contribution in [2.45, 2.75) is 5.16 Å². The van der Waals surface area contributed by atoms with Gasteiger partial charge in [-0.1, -0.05) is 42.1 Å². The zero-order valence-corrected chi connectivity index (χ0v) is 10.1. The number of nitrogens with zero attached hydrogens (tertiary/aromatic N) is 4. The third-order valence-corrected chi connectivity index (χ3v) is 3.02. The van der Waals surface area contributed by atoms with Crippen LogP contribution in [0.25, 0.3) is 16.9 Å². The number of hydrogen-bond donors (Lipinski definition) is 0. The summed E-state index contributed by atoms with van der Waals surface area (Å²) in [5.74, 6) is 0. The summed E-state index contributed by atoms with van der Waals surface area (Å²) in [7, 11) is 0. The van der Waals surface area contributed by atoms with Gasteiger partial charge >= 0.3 is 0 Å². The number of rotatable bonds is 2. The van der Waals surface area contributed by atoms with E-state index in [1.165, 1.54) is 11.8 Å². The lowest BCUT2D eigenvalue weighted by atomic mass is 10.2. The van der Waals surface area contributed by atoms with Crippen LogP contribution in [0.1, 0.15) is 0 Å². The monoisotopic (exact) mass is 242 g/mol. The molecule has 0 N–H and O–H groups in total. The van der Waals surface area contributed by atoms with Crippen LogP contribution in [0.15, 0.2) is 47.9 Å². The number of hydrogen-bond acceptors (Lipinski definition) is 4. The summed E-state index contributed by atoms with van der Waals surface area (Å²) in [5.41, 5.74) is 2.82. The van der Waals surface area contributed by atoms with E-state index in [0.717, 1.165) is 22.1 Å². The van der Waals surface area contributed by atoms with E-state index in [1.54, 1.807) is 10.8 Å². The lowest BCUT2D eigenvalue weighted by molar-refractivity contribution is 0.836. The Hall–Kier alpha value is -1.88. The van der Waals surface area contributed by atoms with Gasteiger partial charge in [-0.3, -0.25) is 0 Å². The minimum absolute atomic E-state index is 0.761. The predicted octanol–water partition coefficient (Wildman–Crippen LogP) is 2.51. The highest BCUT2D eigenvalue weighted by atomic mass is 32.2. The average molecular weight is 242 g/mol. The van der Waals surface area contributed by atoms with Crippen LogP contribution in [0.3, 0.4) is 0 Å². The van der Waals surface area contributed by atoms with Gasteiger partial charge in [-0.2, -0.15) is 5.10 Å². The van der Waals surface area contributed by atoms with Gasteiger partial charge < -0.3 is 0 Å². The summed E-state index contributed by atoms with van der Waals surface area (Å²) in [6, 6.07) is 12.0. The summed E-state index contributed by atoms with van der Waals surface area (Å²) < 4.78 is 1.70. The topological polar surface area (TPSA) is 43.1 Å². The Labute approximate surface area is 103 Å². The molecule has 3 aromatic rings. The molecule has 2 aromatic heterocycles. The quantitative estimate of drug-likeness (QED) is 0.648. The van der Waals surface area contributed by atoms with Crippen LogP contribution < -0.4 is 0 Å². The normalized spacial score (nSPS) is 10.9. The highest BCUT2D eigenvalue weighted by Gasteiger charge is 2.05. The molecule has 2 heterocycles. The molecule has 0 saturated heterocycles. The maximum absolute atomic E-state index is 4.44. The van der Waals surface area contributed by atoms with Gasteiger partial charge in [-0.05, 0) is 6.26 Å². The second kappa shape index (κ2) is 4.18. The maximum Gasteiger partial charge on any atom is 0.190 e. The zero-order chi connectivity index (χ0) is 11.7. The highest BCUT2D eigenvalue weighted by molar-refractivity contribution is 7.98. The summed E-state index contributed by atoms with van der Waals surface area (Å²) >= 11 is 1.53. The fourth-order valence-electron chi connectivity index (χ4n) is 1.63. The van der Waals surface area contributed by atoms with Crippen LogP contribution in [0, 0.1) is 0 Å². The maximum atomic E-state index is 4.44. The number of aromatic nitrogens is 4. The Kier molecular flexibility index (Phi) is 2.53. The van der Waals surface area contributed by atoms with Crippen molar-refractivity contribution in [1.82, 2.24) is 19.6 Å². The minimum Gasteiger partial charge on any atom is -0.211 e. The molecule has 0 aliphatic rings. The molecular formula is C12H10N4S. The number of thioether (sulfide) groups is 1. The molecule has 3 rings (SSSR count). The van der Waals surface area contributed by atoms with Crippen molar-refractivity contribution in [1.29, 1.82) is 0 Å². The molecular weight excluding hydrogens is 232 g/mol. The third-order valence-electron chi connectivity index (χ3n) is 2.46. The smallest absolute Gasteiger partial charge is 0.190 e. The first kappa shape index (κ1) is 10.3. The van der Waals surface area contributed by atoms with E-state index in [1.807, 2.05) is 42.7 Å². The molecule has 0 atom stereocenters. The van der Waals surface area contributed by atoms with Gasteiger partial charge in [0.25, 0.3) is 0 Å². The van der Waals surface area contributed by atoms with Crippen molar-refractivity contribution in [2.24, 2.45) is 0 Å². The van der Waals surface area contributed by atoms with E-state index in [4.69, 9.17) is 0 Å². The van der Waals surface area contributed by atoms with E-state index >= 15 is 0 Å². The van der Waals surface area contributed by atoms with Crippen LogP contribution >= 0.6 is 11.8 Å². The standard InChI is InChI=1S/C12H10N4S/c1-17-12-13-8-16-11(14-12)7-10(15-16)9-5-3-2-4-6-9/h2-8H,1H3. The second-order valence-corrected chi connectivity index (χ2v) is 4.31. The Morgan fingerprint density at radius 1 is 1.18 bits per heavy atom. The Balaban J connectivity index is 2.14. The van der Waals surface area contributed by atoms with E-state index in [-0.39, 0.29) is 0 Å². The van der Waals surface area contributed by atoms with Crippen molar-refractivity contribution in [3.05, 3.63) is 42.7 Å². The molecule has 17 heavy (non-hydrogen) atoms. The summed E-state index contributed by atoms with van der Waals surface area (Å²) in [6.45, 7) is 0. The highest BCUT2D eigenvalue weighted by Crippen LogP contribution is 2.19. The molecule has 0 aliphatic carbocycles.